The van der Waals surface area contributed by atoms with E-state index >= 15 is 0 Å². The highest BCUT2D eigenvalue weighted by atomic mass is 15.5. The van der Waals surface area contributed by atoms with Crippen molar-refractivity contribution in [2.45, 2.75) is 97.4 Å². The van der Waals surface area contributed by atoms with Gasteiger partial charge in [0, 0.05) is 39.8 Å². The molecule has 9 rings (SSSR count). The summed E-state index contributed by atoms with van der Waals surface area (Å²) in [5, 5.41) is 0. The number of hydrogen-bond acceptors (Lipinski definition) is 7. The maximum absolute atomic E-state index is 5.41. The summed E-state index contributed by atoms with van der Waals surface area (Å²) in [6.45, 7) is 17.4. The molecule has 5 heterocycles. The van der Waals surface area contributed by atoms with Gasteiger partial charge >= 0.3 is 0 Å². The van der Waals surface area contributed by atoms with Crippen LogP contribution in [-0.2, 0) is 5.41 Å². The Bertz CT molecular complexity index is 2280. The molecule has 4 aliphatic heterocycles. The van der Waals surface area contributed by atoms with Crippen molar-refractivity contribution >= 4 is 45.9 Å². The minimum atomic E-state index is -0.167. The van der Waals surface area contributed by atoms with Gasteiger partial charge < -0.3 is 19.6 Å². The lowest BCUT2D eigenvalue weighted by molar-refractivity contribution is 0.0679. The summed E-state index contributed by atoms with van der Waals surface area (Å²) >= 11 is 0. The lowest BCUT2D eigenvalue weighted by Crippen LogP contribution is -2.63. The monoisotopic (exact) mass is 741 g/mol. The molecule has 0 bridgehead atoms. The number of para-hydroxylation sites is 4. The van der Waals surface area contributed by atoms with Crippen molar-refractivity contribution in [3.63, 3.8) is 0 Å². The smallest absolute Gasteiger partial charge is 0.174 e. The molecule has 1 fully saturated rings. The molecule has 286 valence electrons. The Hall–Kier alpha value is -5.43. The minimum Gasteiger partial charge on any atom is -0.316 e. The van der Waals surface area contributed by atoms with E-state index in [1.54, 1.807) is 0 Å². The first kappa shape index (κ1) is 36.2. The third-order valence-electron chi connectivity index (χ3n) is 13.8. The molecule has 1 saturated heterocycles. The van der Waals surface area contributed by atoms with Crippen LogP contribution in [0.5, 0.6) is 0 Å². The van der Waals surface area contributed by atoms with Gasteiger partial charge in [0.15, 0.2) is 17.5 Å². The minimum absolute atomic E-state index is 0.00286. The van der Waals surface area contributed by atoms with Crippen LogP contribution in [0.2, 0.25) is 0 Å². The summed E-state index contributed by atoms with van der Waals surface area (Å²) in [6, 6.07) is 44.5. The summed E-state index contributed by atoms with van der Waals surface area (Å²) in [5.74, 6) is 3.64. The van der Waals surface area contributed by atoms with E-state index in [4.69, 9.17) is 15.0 Å². The van der Waals surface area contributed by atoms with Crippen LogP contribution in [-0.4, -0.2) is 41.6 Å². The molecule has 7 heteroatoms. The van der Waals surface area contributed by atoms with Gasteiger partial charge in [-0.2, -0.15) is 0 Å². The maximum Gasteiger partial charge on any atom is 0.174 e. The average molecular weight is 742 g/mol. The van der Waals surface area contributed by atoms with Crippen molar-refractivity contribution < 1.29 is 0 Å². The molecular weight excluding hydrogens is 687 g/mol. The molecule has 0 amide bonds. The molecule has 5 aromatic rings. The van der Waals surface area contributed by atoms with Gasteiger partial charge in [0.05, 0.1) is 18.3 Å². The predicted molar refractivity (Wildman–Crippen MR) is 234 cm³/mol. The first-order chi connectivity index (χ1) is 27.2. The number of fused-ring (bicyclic) bond motifs is 6. The van der Waals surface area contributed by atoms with Crippen molar-refractivity contribution in [2.24, 2.45) is 21.3 Å². The van der Waals surface area contributed by atoms with Gasteiger partial charge in [-0.25, -0.2) is 4.98 Å². The second kappa shape index (κ2) is 13.9. The van der Waals surface area contributed by atoms with E-state index in [1.165, 1.54) is 33.9 Å². The third-order valence-corrected chi connectivity index (χ3v) is 13.8. The maximum atomic E-state index is 5.41. The molecule has 4 aliphatic rings. The number of aromatic nitrogens is 1. The second-order valence-corrected chi connectivity index (χ2v) is 16.8. The van der Waals surface area contributed by atoms with Crippen LogP contribution in [0.15, 0.2) is 138 Å². The molecule has 0 N–H and O–H groups in total. The number of pyridine rings is 1. The van der Waals surface area contributed by atoms with Crippen LogP contribution >= 0.6 is 0 Å². The van der Waals surface area contributed by atoms with Gasteiger partial charge in [-0.15, -0.1) is 0 Å². The van der Waals surface area contributed by atoms with E-state index in [-0.39, 0.29) is 35.1 Å². The standard InChI is InChI=1S/C49H55N7/c1-8-48(7)47-55(37-23-14-11-15-24-37)43-29-20-30-50-44(43)56(47)42-28-19-17-26-39(42)49(48,9-2)31-34(5)38-25-16-18-27-41(38)54-35(6)53(36-21-12-10-13-22-36)46-45(54)51-32-40(52-46)33(3)4/h10-30,33-35,40,47H,8-9,31-32H2,1-7H3. The first-order valence-electron chi connectivity index (χ1n) is 20.8. The van der Waals surface area contributed by atoms with Gasteiger partial charge in [0.2, 0.25) is 0 Å². The predicted octanol–water partition coefficient (Wildman–Crippen LogP) is 11.5. The summed E-state index contributed by atoms with van der Waals surface area (Å²) in [6.07, 6.45) is 5.00. The van der Waals surface area contributed by atoms with Crippen LogP contribution in [0.1, 0.15) is 84.8 Å². The van der Waals surface area contributed by atoms with Gasteiger partial charge in [0.1, 0.15) is 12.3 Å². The number of amidine groups is 2. The van der Waals surface area contributed by atoms with E-state index in [2.05, 4.69) is 189 Å². The molecule has 0 saturated carbocycles. The Morgan fingerprint density at radius 1 is 0.661 bits per heavy atom. The van der Waals surface area contributed by atoms with E-state index in [0.717, 1.165) is 42.4 Å². The number of anilines is 6. The van der Waals surface area contributed by atoms with Crippen molar-refractivity contribution in [1.29, 1.82) is 0 Å². The highest BCUT2D eigenvalue weighted by Crippen LogP contribution is 2.66. The van der Waals surface area contributed by atoms with Crippen LogP contribution < -0.4 is 19.6 Å². The van der Waals surface area contributed by atoms with E-state index in [0.29, 0.717) is 12.5 Å². The summed E-state index contributed by atoms with van der Waals surface area (Å²) in [7, 11) is 0. The van der Waals surface area contributed by atoms with Gasteiger partial charge in [-0.05, 0) is 97.7 Å². The molecule has 7 nitrogen and oxygen atoms in total. The third kappa shape index (κ3) is 5.26. The van der Waals surface area contributed by atoms with Crippen LogP contribution in [0.25, 0.3) is 0 Å². The topological polar surface area (TPSA) is 50.6 Å². The second-order valence-electron chi connectivity index (χ2n) is 16.8. The van der Waals surface area contributed by atoms with Crippen molar-refractivity contribution in [3.05, 3.63) is 139 Å². The van der Waals surface area contributed by atoms with E-state index < -0.39 is 0 Å². The van der Waals surface area contributed by atoms with Crippen LogP contribution in [0, 0.1) is 11.3 Å². The Kier molecular flexibility index (Phi) is 9.02. The summed E-state index contributed by atoms with van der Waals surface area (Å²) in [5.41, 5.74) is 8.46. The largest absolute Gasteiger partial charge is 0.316 e. The molecule has 0 radical (unpaired) electrons. The van der Waals surface area contributed by atoms with Crippen molar-refractivity contribution in [1.82, 2.24) is 4.98 Å². The van der Waals surface area contributed by atoms with Crippen LogP contribution in [0.4, 0.5) is 34.3 Å². The Balaban J connectivity index is 1.17. The fraction of sp³-hybridized carbons (Fsp3) is 0.367. The van der Waals surface area contributed by atoms with E-state index in [9.17, 15) is 0 Å². The SMILES string of the molecule is CCC1(CC(C)c2ccccc2N2C3=NCC(C(C)C)N=C3N(c3ccccc3)C2C)c2ccccc2N2c3ncccc3N(c3ccccc3)C2C1(C)CC. The number of aliphatic imine (C=N–C) groups is 2. The fourth-order valence-corrected chi connectivity index (χ4v) is 10.7. The normalized spacial score (nSPS) is 25.7. The Morgan fingerprint density at radius 2 is 1.29 bits per heavy atom. The van der Waals surface area contributed by atoms with Crippen molar-refractivity contribution in [2.75, 3.05) is 26.1 Å². The highest BCUT2D eigenvalue weighted by molar-refractivity contribution is 6.53. The highest BCUT2D eigenvalue weighted by Gasteiger charge is 2.62. The molecular formula is C49H55N7. The average Bonchev–Trinajstić information content (AvgIpc) is 3.74. The van der Waals surface area contributed by atoms with Gasteiger partial charge in [-0.3, -0.25) is 9.98 Å². The Morgan fingerprint density at radius 3 is 1.96 bits per heavy atom. The number of hydrogen-bond donors (Lipinski definition) is 0. The molecule has 6 unspecified atom stereocenters. The molecule has 0 aliphatic carbocycles. The van der Waals surface area contributed by atoms with E-state index in [1.807, 2.05) is 6.20 Å². The zero-order valence-corrected chi connectivity index (χ0v) is 34.0. The molecule has 56 heavy (non-hydrogen) atoms. The van der Waals surface area contributed by atoms with Crippen molar-refractivity contribution in [3.8, 4) is 0 Å². The number of benzene rings is 4. The molecule has 1 aromatic heterocycles. The molecule has 6 atom stereocenters. The summed E-state index contributed by atoms with van der Waals surface area (Å²) in [4.78, 5) is 25.8. The lowest BCUT2D eigenvalue weighted by atomic mass is 9.51. The van der Waals surface area contributed by atoms with Gasteiger partial charge in [0.25, 0.3) is 0 Å². The Labute approximate surface area is 333 Å². The number of rotatable bonds is 9. The summed E-state index contributed by atoms with van der Waals surface area (Å²) < 4.78 is 0. The molecule has 4 aromatic carbocycles. The first-order valence-corrected chi connectivity index (χ1v) is 20.8. The lowest BCUT2D eigenvalue weighted by Gasteiger charge is -2.61. The molecule has 0 spiro atoms. The number of nitrogens with zero attached hydrogens (tertiary/aromatic N) is 7. The van der Waals surface area contributed by atoms with Gasteiger partial charge in [-0.1, -0.05) is 114 Å². The fourth-order valence-electron chi connectivity index (χ4n) is 10.7. The van der Waals surface area contributed by atoms with Crippen LogP contribution in [0.3, 0.4) is 0 Å². The zero-order chi connectivity index (χ0) is 38.8. The quantitative estimate of drug-likeness (QED) is 0.151. The zero-order valence-electron chi connectivity index (χ0n) is 34.0.